The third-order valence-electron chi connectivity index (χ3n) is 3.97. The van der Waals surface area contributed by atoms with Gasteiger partial charge in [0.1, 0.15) is 0 Å². The van der Waals surface area contributed by atoms with E-state index < -0.39 is 15.9 Å². The highest BCUT2D eigenvalue weighted by Crippen LogP contribution is 2.36. The van der Waals surface area contributed by atoms with Gasteiger partial charge in [0.15, 0.2) is 0 Å². The Labute approximate surface area is 130 Å². The Balaban J connectivity index is 1.82. The normalized spacial score (nSPS) is 18.9. The zero-order chi connectivity index (χ0) is 16.2. The van der Waals surface area contributed by atoms with E-state index in [-0.39, 0.29) is 24.5 Å². The van der Waals surface area contributed by atoms with Crippen LogP contribution in [0.5, 0.6) is 0 Å². The van der Waals surface area contributed by atoms with E-state index in [2.05, 4.69) is 10.0 Å². The topological polar surface area (TPSA) is 58.2 Å². The first-order valence-electron chi connectivity index (χ1n) is 7.52. The number of hydrogen-bond donors (Lipinski definition) is 2. The zero-order valence-corrected chi connectivity index (χ0v) is 13.4. The molecule has 0 aromatic heterocycles. The lowest BCUT2D eigenvalue weighted by molar-refractivity contribution is -0.0443. The van der Waals surface area contributed by atoms with Crippen molar-refractivity contribution in [2.24, 2.45) is 5.92 Å². The third-order valence-corrected chi connectivity index (χ3v) is 5.28. The zero-order valence-electron chi connectivity index (χ0n) is 12.6. The fraction of sp³-hybridized carbons (Fsp3) is 0.600. The fourth-order valence-electron chi connectivity index (χ4n) is 2.47. The van der Waals surface area contributed by atoms with Crippen molar-refractivity contribution in [1.29, 1.82) is 0 Å². The van der Waals surface area contributed by atoms with Crippen molar-refractivity contribution in [2.75, 3.05) is 22.3 Å². The average molecular weight is 332 g/mol. The van der Waals surface area contributed by atoms with Crippen LogP contribution in [0.4, 0.5) is 20.2 Å². The van der Waals surface area contributed by atoms with Crippen molar-refractivity contribution in [1.82, 2.24) is 0 Å². The highest BCUT2D eigenvalue weighted by atomic mass is 32.2. The molecule has 0 atom stereocenters. The van der Waals surface area contributed by atoms with Gasteiger partial charge in [0.2, 0.25) is 15.9 Å². The lowest BCUT2D eigenvalue weighted by atomic mass is 9.87. The van der Waals surface area contributed by atoms with E-state index in [1.54, 1.807) is 31.2 Å². The maximum Gasteiger partial charge on any atom is 0.248 e. The van der Waals surface area contributed by atoms with Crippen molar-refractivity contribution >= 4 is 21.4 Å². The maximum absolute atomic E-state index is 13.1. The van der Waals surface area contributed by atoms with E-state index in [4.69, 9.17) is 0 Å². The van der Waals surface area contributed by atoms with Gasteiger partial charge in [-0.25, -0.2) is 17.2 Å². The van der Waals surface area contributed by atoms with E-state index in [0.29, 0.717) is 25.1 Å². The van der Waals surface area contributed by atoms with E-state index in [1.165, 1.54) is 0 Å². The summed E-state index contributed by atoms with van der Waals surface area (Å²) < 4.78 is 51.5. The van der Waals surface area contributed by atoms with Gasteiger partial charge in [-0.05, 0) is 49.9 Å². The molecule has 0 heterocycles. The van der Waals surface area contributed by atoms with E-state index in [1.807, 2.05) is 0 Å². The molecule has 4 nitrogen and oxygen atoms in total. The maximum atomic E-state index is 13.1. The molecule has 7 heteroatoms. The molecule has 0 spiro atoms. The van der Waals surface area contributed by atoms with Crippen molar-refractivity contribution in [3.05, 3.63) is 24.3 Å². The monoisotopic (exact) mass is 332 g/mol. The smallest absolute Gasteiger partial charge is 0.248 e. The summed E-state index contributed by atoms with van der Waals surface area (Å²) in [5.74, 6) is -2.20. The largest absolute Gasteiger partial charge is 0.385 e. The summed E-state index contributed by atoms with van der Waals surface area (Å²) in [4.78, 5) is 0. The van der Waals surface area contributed by atoms with Gasteiger partial charge in [-0.2, -0.15) is 0 Å². The molecular weight excluding hydrogens is 310 g/mol. The average Bonchev–Trinajstić information content (AvgIpc) is 2.47. The molecule has 22 heavy (non-hydrogen) atoms. The summed E-state index contributed by atoms with van der Waals surface area (Å²) >= 11 is 0. The Kier molecular flexibility index (Phi) is 5.26. The van der Waals surface area contributed by atoms with Crippen LogP contribution < -0.4 is 10.0 Å². The predicted octanol–water partition coefficient (Wildman–Crippen LogP) is 3.69. The summed E-state index contributed by atoms with van der Waals surface area (Å²) in [5, 5.41) is 3.22. The lowest BCUT2D eigenvalue weighted by Gasteiger charge is -2.28. The first-order valence-corrected chi connectivity index (χ1v) is 9.17. The Hall–Kier alpha value is -1.37. The number of nitrogens with one attached hydrogen (secondary N) is 2. The van der Waals surface area contributed by atoms with Crippen molar-refractivity contribution in [3.63, 3.8) is 0 Å². The highest BCUT2D eigenvalue weighted by Gasteiger charge is 2.34. The number of rotatable bonds is 6. The molecule has 1 aromatic rings. The quantitative estimate of drug-likeness (QED) is 0.835. The minimum absolute atomic E-state index is 0.0271. The van der Waals surface area contributed by atoms with Gasteiger partial charge < -0.3 is 5.32 Å². The van der Waals surface area contributed by atoms with Gasteiger partial charge in [-0.3, -0.25) is 4.72 Å². The van der Waals surface area contributed by atoms with Gasteiger partial charge in [0.05, 0.1) is 5.75 Å². The molecule has 2 N–H and O–H groups in total. The summed E-state index contributed by atoms with van der Waals surface area (Å²) in [5.41, 5.74) is 1.38. The van der Waals surface area contributed by atoms with Crippen LogP contribution in [0, 0.1) is 5.92 Å². The number of halogens is 2. The van der Waals surface area contributed by atoms with Crippen LogP contribution in [0.25, 0.3) is 0 Å². The summed E-state index contributed by atoms with van der Waals surface area (Å²) in [6.07, 6.45) is 1.01. The van der Waals surface area contributed by atoms with Gasteiger partial charge >= 0.3 is 0 Å². The van der Waals surface area contributed by atoms with Crippen molar-refractivity contribution < 1.29 is 17.2 Å². The molecule has 1 aromatic carbocycles. The van der Waals surface area contributed by atoms with Crippen LogP contribution in [0.15, 0.2) is 24.3 Å². The molecule has 2 rings (SSSR count). The number of anilines is 2. The molecule has 0 unspecified atom stereocenters. The Bertz CT molecular complexity index is 578. The molecule has 0 amide bonds. The van der Waals surface area contributed by atoms with E-state index in [0.717, 1.165) is 5.69 Å². The van der Waals surface area contributed by atoms with Crippen LogP contribution in [-0.4, -0.2) is 26.6 Å². The second-order valence-electron chi connectivity index (χ2n) is 5.76. The standard InChI is InChI=1S/C15H22F2N2O2S/c1-2-22(20,21)19-14-5-3-13(4-6-14)18-11-12-7-9-15(16,17)10-8-12/h3-6,12,18-19H,2,7-11H2,1H3. The molecule has 1 fully saturated rings. The van der Waals surface area contributed by atoms with Gasteiger partial charge in [-0.15, -0.1) is 0 Å². The first kappa shape index (κ1) is 17.0. The molecule has 0 bridgehead atoms. The fourth-order valence-corrected chi connectivity index (χ4v) is 3.11. The highest BCUT2D eigenvalue weighted by molar-refractivity contribution is 7.92. The van der Waals surface area contributed by atoms with Crippen LogP contribution in [0.2, 0.25) is 0 Å². The molecular formula is C15H22F2N2O2S. The van der Waals surface area contributed by atoms with Gasteiger partial charge in [0.25, 0.3) is 0 Å². The Morgan fingerprint density at radius 3 is 2.23 bits per heavy atom. The SMILES string of the molecule is CCS(=O)(=O)Nc1ccc(NCC2CCC(F)(F)CC2)cc1. The molecule has 124 valence electrons. The third kappa shape index (κ3) is 5.12. The van der Waals surface area contributed by atoms with E-state index >= 15 is 0 Å². The Morgan fingerprint density at radius 1 is 1.14 bits per heavy atom. The number of hydrogen-bond acceptors (Lipinski definition) is 3. The molecule has 1 saturated carbocycles. The molecule has 1 aliphatic carbocycles. The van der Waals surface area contributed by atoms with Crippen LogP contribution in [0.3, 0.4) is 0 Å². The molecule has 0 saturated heterocycles. The van der Waals surface area contributed by atoms with Crippen LogP contribution in [-0.2, 0) is 10.0 Å². The summed E-state index contributed by atoms with van der Waals surface area (Å²) in [6.45, 7) is 2.24. The lowest BCUT2D eigenvalue weighted by Crippen LogP contribution is -2.28. The number of sulfonamides is 1. The molecule has 0 aliphatic heterocycles. The second kappa shape index (κ2) is 6.81. The molecule has 1 aliphatic rings. The van der Waals surface area contributed by atoms with Crippen LogP contribution >= 0.6 is 0 Å². The van der Waals surface area contributed by atoms with Crippen molar-refractivity contribution in [2.45, 2.75) is 38.5 Å². The van der Waals surface area contributed by atoms with E-state index in [9.17, 15) is 17.2 Å². The summed E-state index contributed by atoms with van der Waals surface area (Å²) in [7, 11) is -3.27. The number of benzene rings is 1. The van der Waals surface area contributed by atoms with Crippen LogP contribution in [0.1, 0.15) is 32.6 Å². The van der Waals surface area contributed by atoms with Crippen molar-refractivity contribution in [3.8, 4) is 0 Å². The Morgan fingerprint density at radius 2 is 1.68 bits per heavy atom. The molecule has 0 radical (unpaired) electrons. The first-order chi connectivity index (χ1) is 10.3. The van der Waals surface area contributed by atoms with Gasteiger partial charge in [-0.1, -0.05) is 0 Å². The van der Waals surface area contributed by atoms with Gasteiger partial charge in [0, 0.05) is 30.8 Å². The predicted molar refractivity (Wildman–Crippen MR) is 84.9 cm³/mol. The number of alkyl halides is 2. The minimum atomic E-state index is -3.27. The summed E-state index contributed by atoms with van der Waals surface area (Å²) in [6, 6.07) is 6.94. The minimum Gasteiger partial charge on any atom is -0.385 e. The second-order valence-corrected chi connectivity index (χ2v) is 7.77.